The van der Waals surface area contributed by atoms with Gasteiger partial charge in [-0.2, -0.15) is 16.9 Å². The molecule has 0 saturated heterocycles. The maximum absolute atomic E-state index is 12.4. The van der Waals surface area contributed by atoms with Gasteiger partial charge in [0.2, 0.25) is 0 Å². The van der Waals surface area contributed by atoms with Gasteiger partial charge in [0, 0.05) is 6.54 Å². The summed E-state index contributed by atoms with van der Waals surface area (Å²) in [5.41, 5.74) is 0.589. The van der Waals surface area contributed by atoms with E-state index < -0.39 is 0 Å². The van der Waals surface area contributed by atoms with Gasteiger partial charge in [-0.25, -0.2) is 0 Å². The molecule has 0 N–H and O–H groups in total. The minimum absolute atomic E-state index is 0.0868. The molecule has 0 amide bonds. The average Bonchev–Trinajstić information content (AvgIpc) is 2.78. The van der Waals surface area contributed by atoms with Crippen LogP contribution < -0.4 is 4.74 Å². The lowest BCUT2D eigenvalue weighted by atomic mass is 10.3. The van der Waals surface area contributed by atoms with Gasteiger partial charge >= 0.3 is 0 Å². The van der Waals surface area contributed by atoms with Gasteiger partial charge < -0.3 is 9.64 Å². The Balaban J connectivity index is 2.74. The van der Waals surface area contributed by atoms with Gasteiger partial charge in [-0.15, -0.1) is 0 Å². The number of nitrogens with zero attached hydrogens (tertiary/aromatic N) is 3. The Kier molecular flexibility index (Phi) is 7.09. The van der Waals surface area contributed by atoms with Crippen molar-refractivity contribution in [2.45, 2.75) is 20.4 Å². The number of methoxy groups -OCH3 is 1. The van der Waals surface area contributed by atoms with Gasteiger partial charge in [-0.05, 0) is 25.8 Å². The molecule has 0 spiro atoms. The minimum Gasteiger partial charge on any atom is -0.493 e. The van der Waals surface area contributed by atoms with Crippen LogP contribution in [0.5, 0.6) is 5.75 Å². The summed E-state index contributed by atoms with van der Waals surface area (Å²) in [4.78, 5) is 14.4. The molecule has 0 unspecified atom stereocenters. The number of likely N-dealkylation sites (N-methyl/N-ethyl adjacent to an activating group) is 1. The molecule has 0 fully saturated rings. The average molecular weight is 299 g/mol. The molecule has 0 aliphatic heterocycles. The lowest BCUT2D eigenvalue weighted by Gasteiger charge is -2.12. The molecule has 6 heteroatoms. The van der Waals surface area contributed by atoms with Crippen LogP contribution in [0.4, 0.5) is 0 Å². The Morgan fingerprint density at radius 1 is 1.50 bits per heavy atom. The molecule has 0 saturated carbocycles. The van der Waals surface area contributed by atoms with Crippen LogP contribution >= 0.6 is 11.8 Å². The molecule has 0 radical (unpaired) electrons. The summed E-state index contributed by atoms with van der Waals surface area (Å²) in [7, 11) is 5.58. The molecule has 1 rings (SSSR count). The van der Waals surface area contributed by atoms with Crippen LogP contribution in [0.2, 0.25) is 0 Å². The Morgan fingerprint density at radius 2 is 2.20 bits per heavy atom. The highest BCUT2D eigenvalue weighted by Crippen LogP contribution is 2.20. The second-order valence-electron chi connectivity index (χ2n) is 5.42. The van der Waals surface area contributed by atoms with E-state index in [0.717, 1.165) is 12.3 Å². The van der Waals surface area contributed by atoms with E-state index in [-0.39, 0.29) is 5.78 Å². The standard InChI is InChI=1S/C14H25N3O2S/c1-11(2)9-20-10-12(18)14-13(19-5)8-15-17(14)7-6-16(3)4/h8,11H,6-7,9-10H2,1-5H3. The molecular weight excluding hydrogens is 274 g/mol. The van der Waals surface area contributed by atoms with Crippen molar-refractivity contribution < 1.29 is 9.53 Å². The quantitative estimate of drug-likeness (QED) is 0.653. The van der Waals surface area contributed by atoms with Crippen LogP contribution in [-0.4, -0.2) is 59.7 Å². The first-order chi connectivity index (χ1) is 9.45. The molecule has 0 aliphatic carbocycles. The number of ketones is 1. The van der Waals surface area contributed by atoms with Crippen LogP contribution in [0, 0.1) is 5.92 Å². The van der Waals surface area contributed by atoms with E-state index in [1.807, 2.05) is 14.1 Å². The van der Waals surface area contributed by atoms with Crippen molar-refractivity contribution in [3.05, 3.63) is 11.9 Å². The lowest BCUT2D eigenvalue weighted by Crippen LogP contribution is -2.22. The van der Waals surface area contributed by atoms with E-state index in [1.54, 1.807) is 29.8 Å². The molecule has 0 aliphatic rings. The smallest absolute Gasteiger partial charge is 0.194 e. The predicted octanol–water partition coefficient (Wildman–Crippen LogP) is 2.03. The van der Waals surface area contributed by atoms with E-state index in [9.17, 15) is 4.79 Å². The van der Waals surface area contributed by atoms with Crippen LogP contribution in [0.3, 0.4) is 0 Å². The van der Waals surface area contributed by atoms with Crippen LogP contribution in [0.1, 0.15) is 24.3 Å². The van der Waals surface area contributed by atoms with Gasteiger partial charge in [-0.1, -0.05) is 13.8 Å². The van der Waals surface area contributed by atoms with Gasteiger partial charge in [0.15, 0.2) is 11.5 Å². The Labute approximate surface area is 125 Å². The number of hydrogen-bond donors (Lipinski definition) is 0. The normalized spacial score (nSPS) is 11.3. The summed E-state index contributed by atoms with van der Waals surface area (Å²) in [6.45, 7) is 5.83. The Bertz CT molecular complexity index is 430. The summed E-state index contributed by atoms with van der Waals surface area (Å²) in [6.07, 6.45) is 1.62. The zero-order valence-electron chi connectivity index (χ0n) is 13.0. The van der Waals surface area contributed by atoms with Crippen molar-refractivity contribution in [2.75, 3.05) is 39.3 Å². The van der Waals surface area contributed by atoms with E-state index in [2.05, 4.69) is 23.8 Å². The number of rotatable bonds is 9. The van der Waals surface area contributed by atoms with Crippen molar-refractivity contribution in [1.82, 2.24) is 14.7 Å². The zero-order chi connectivity index (χ0) is 15.1. The molecule has 114 valence electrons. The van der Waals surface area contributed by atoms with E-state index in [1.165, 1.54) is 0 Å². The highest BCUT2D eigenvalue weighted by atomic mass is 32.2. The molecule has 0 bridgehead atoms. The molecular formula is C14H25N3O2S. The fourth-order valence-corrected chi connectivity index (χ4v) is 2.63. The number of aromatic nitrogens is 2. The maximum Gasteiger partial charge on any atom is 0.194 e. The Hall–Kier alpha value is -1.01. The van der Waals surface area contributed by atoms with Crippen molar-refractivity contribution in [3.8, 4) is 5.75 Å². The largest absolute Gasteiger partial charge is 0.493 e. The third kappa shape index (κ3) is 5.17. The Morgan fingerprint density at radius 3 is 2.75 bits per heavy atom. The number of Topliss-reactive ketones (excluding diaryl/α,β-unsaturated/α-hetero) is 1. The predicted molar refractivity (Wildman–Crippen MR) is 83.8 cm³/mol. The molecule has 1 heterocycles. The number of hydrogen-bond acceptors (Lipinski definition) is 5. The maximum atomic E-state index is 12.4. The molecule has 20 heavy (non-hydrogen) atoms. The first kappa shape index (κ1) is 17.0. The van der Waals surface area contributed by atoms with Gasteiger partial charge in [-0.3, -0.25) is 9.48 Å². The van der Waals surface area contributed by atoms with Crippen LogP contribution in [0.15, 0.2) is 6.20 Å². The first-order valence-electron chi connectivity index (χ1n) is 6.81. The van der Waals surface area contributed by atoms with Crippen molar-refractivity contribution >= 4 is 17.5 Å². The number of thioether (sulfide) groups is 1. The first-order valence-corrected chi connectivity index (χ1v) is 7.96. The van der Waals surface area contributed by atoms with E-state index >= 15 is 0 Å². The SMILES string of the molecule is COc1cnn(CCN(C)C)c1C(=O)CSCC(C)C. The summed E-state index contributed by atoms with van der Waals surface area (Å²) in [5, 5.41) is 4.26. The third-order valence-electron chi connectivity index (χ3n) is 2.73. The van der Waals surface area contributed by atoms with Gasteiger partial charge in [0.05, 0.1) is 25.6 Å². The molecule has 0 aromatic carbocycles. The summed E-state index contributed by atoms with van der Waals surface area (Å²) >= 11 is 1.66. The second kappa shape index (κ2) is 8.32. The fourth-order valence-electron chi connectivity index (χ4n) is 1.72. The van der Waals surface area contributed by atoms with E-state index in [0.29, 0.717) is 29.7 Å². The lowest BCUT2D eigenvalue weighted by molar-refractivity contribution is 0.100. The topological polar surface area (TPSA) is 47.4 Å². The fraction of sp³-hybridized carbons (Fsp3) is 0.714. The molecule has 1 aromatic rings. The number of carbonyl (C=O) groups is 1. The molecule has 0 atom stereocenters. The third-order valence-corrected chi connectivity index (χ3v) is 4.10. The molecule has 1 aromatic heterocycles. The summed E-state index contributed by atoms with van der Waals surface area (Å²) in [5.74, 6) is 2.71. The van der Waals surface area contributed by atoms with Gasteiger partial charge in [0.1, 0.15) is 5.69 Å². The molecule has 5 nitrogen and oxygen atoms in total. The van der Waals surface area contributed by atoms with Crippen molar-refractivity contribution in [2.24, 2.45) is 5.92 Å². The number of ether oxygens (including phenoxy) is 1. The highest BCUT2D eigenvalue weighted by molar-refractivity contribution is 7.99. The summed E-state index contributed by atoms with van der Waals surface area (Å²) < 4.78 is 7.00. The second-order valence-corrected chi connectivity index (χ2v) is 6.45. The van der Waals surface area contributed by atoms with E-state index in [4.69, 9.17) is 4.74 Å². The number of carbonyl (C=O) groups excluding carboxylic acids is 1. The van der Waals surface area contributed by atoms with Crippen molar-refractivity contribution in [1.29, 1.82) is 0 Å². The zero-order valence-corrected chi connectivity index (χ0v) is 13.9. The minimum atomic E-state index is 0.0868. The monoisotopic (exact) mass is 299 g/mol. The summed E-state index contributed by atoms with van der Waals surface area (Å²) in [6, 6.07) is 0. The van der Waals surface area contributed by atoms with Crippen LogP contribution in [-0.2, 0) is 6.54 Å². The van der Waals surface area contributed by atoms with Crippen molar-refractivity contribution in [3.63, 3.8) is 0 Å². The highest BCUT2D eigenvalue weighted by Gasteiger charge is 2.19. The van der Waals surface area contributed by atoms with Crippen LogP contribution in [0.25, 0.3) is 0 Å². The van der Waals surface area contributed by atoms with Gasteiger partial charge in [0.25, 0.3) is 0 Å².